The van der Waals surface area contributed by atoms with Crippen molar-refractivity contribution in [3.8, 4) is 0 Å². The minimum absolute atomic E-state index is 0.598. The largest absolute Gasteiger partial charge is 0.371 e. The van der Waals surface area contributed by atoms with Gasteiger partial charge in [-0.2, -0.15) is 0 Å². The Hall–Kier alpha value is -0.210. The first-order chi connectivity index (χ1) is 8.76. The summed E-state index contributed by atoms with van der Waals surface area (Å²) in [7, 11) is 0. The van der Waals surface area contributed by atoms with Crippen molar-refractivity contribution in [2.24, 2.45) is 11.8 Å². The first-order valence-electron chi connectivity index (χ1n) is 6.85. The van der Waals surface area contributed by atoms with E-state index in [0.29, 0.717) is 5.88 Å². The topological polar surface area (TPSA) is 3.24 Å². The van der Waals surface area contributed by atoms with Gasteiger partial charge >= 0.3 is 0 Å². The average Bonchev–Trinajstić information content (AvgIpc) is 3.23. The molecule has 0 bridgehead atoms. The lowest BCUT2D eigenvalue weighted by molar-refractivity contribution is 0.677. The van der Waals surface area contributed by atoms with Crippen molar-refractivity contribution in [2.75, 3.05) is 18.0 Å². The third-order valence-electron chi connectivity index (χ3n) is 3.88. The summed E-state index contributed by atoms with van der Waals surface area (Å²) < 4.78 is 1.12. The van der Waals surface area contributed by atoms with E-state index < -0.39 is 0 Å². The molecule has 3 rings (SSSR count). The van der Waals surface area contributed by atoms with E-state index in [9.17, 15) is 0 Å². The third-order valence-corrected chi connectivity index (χ3v) is 4.66. The smallest absolute Gasteiger partial charge is 0.0494 e. The fourth-order valence-corrected chi connectivity index (χ4v) is 3.09. The zero-order valence-corrected chi connectivity index (χ0v) is 12.9. The van der Waals surface area contributed by atoms with Crippen LogP contribution in [0.1, 0.15) is 31.2 Å². The van der Waals surface area contributed by atoms with Crippen LogP contribution in [0.3, 0.4) is 0 Å². The van der Waals surface area contributed by atoms with Crippen LogP contribution in [0, 0.1) is 11.8 Å². The molecule has 2 aliphatic carbocycles. The summed E-state index contributed by atoms with van der Waals surface area (Å²) >= 11 is 9.64. The molecule has 2 aliphatic rings. The van der Waals surface area contributed by atoms with E-state index in [1.165, 1.54) is 50.0 Å². The molecule has 0 aromatic heterocycles. The predicted molar refractivity (Wildman–Crippen MR) is 81.4 cm³/mol. The van der Waals surface area contributed by atoms with E-state index in [1.54, 1.807) is 0 Å². The van der Waals surface area contributed by atoms with Crippen molar-refractivity contribution in [3.05, 3.63) is 28.2 Å². The molecule has 1 nitrogen and oxygen atoms in total. The van der Waals surface area contributed by atoms with Crippen LogP contribution in [-0.2, 0) is 5.88 Å². The minimum atomic E-state index is 0.598. The van der Waals surface area contributed by atoms with Gasteiger partial charge in [0.2, 0.25) is 0 Å². The molecule has 0 unspecified atom stereocenters. The summed E-state index contributed by atoms with van der Waals surface area (Å²) in [6, 6.07) is 6.53. The van der Waals surface area contributed by atoms with Gasteiger partial charge in [0.1, 0.15) is 0 Å². The molecule has 98 valence electrons. The zero-order chi connectivity index (χ0) is 12.5. The maximum absolute atomic E-state index is 6.10. The number of hydrogen-bond acceptors (Lipinski definition) is 1. The number of benzene rings is 1. The van der Waals surface area contributed by atoms with Crippen LogP contribution < -0.4 is 4.90 Å². The number of nitrogens with zero attached hydrogens (tertiary/aromatic N) is 1. The van der Waals surface area contributed by atoms with Crippen molar-refractivity contribution in [3.63, 3.8) is 0 Å². The molecule has 18 heavy (non-hydrogen) atoms. The van der Waals surface area contributed by atoms with Gasteiger partial charge in [0, 0.05) is 29.1 Å². The van der Waals surface area contributed by atoms with Crippen LogP contribution in [0.2, 0.25) is 0 Å². The van der Waals surface area contributed by atoms with E-state index >= 15 is 0 Å². The second kappa shape index (κ2) is 5.42. The van der Waals surface area contributed by atoms with Crippen molar-refractivity contribution < 1.29 is 0 Å². The Morgan fingerprint density at radius 3 is 2.22 bits per heavy atom. The summed E-state index contributed by atoms with van der Waals surface area (Å²) in [6.07, 6.45) is 5.64. The van der Waals surface area contributed by atoms with Crippen molar-refractivity contribution in [1.29, 1.82) is 0 Å². The van der Waals surface area contributed by atoms with Crippen LogP contribution >= 0.6 is 27.5 Å². The monoisotopic (exact) mass is 327 g/mol. The average molecular weight is 329 g/mol. The molecule has 0 spiro atoms. The van der Waals surface area contributed by atoms with Gasteiger partial charge in [0.25, 0.3) is 0 Å². The molecule has 1 aromatic rings. The second-order valence-electron chi connectivity index (χ2n) is 5.70. The highest BCUT2D eigenvalue weighted by atomic mass is 79.9. The van der Waals surface area contributed by atoms with E-state index in [-0.39, 0.29) is 0 Å². The van der Waals surface area contributed by atoms with Crippen molar-refractivity contribution in [1.82, 2.24) is 0 Å². The predicted octanol–water partition coefficient (Wildman–Crippen LogP) is 4.81. The van der Waals surface area contributed by atoms with E-state index in [4.69, 9.17) is 11.6 Å². The second-order valence-corrected chi connectivity index (χ2v) is 6.88. The Morgan fingerprint density at radius 1 is 1.11 bits per heavy atom. The fourth-order valence-electron chi connectivity index (χ4n) is 2.47. The van der Waals surface area contributed by atoms with Crippen LogP contribution in [0.25, 0.3) is 0 Å². The molecule has 3 heteroatoms. The normalized spacial score (nSPS) is 19.0. The summed E-state index contributed by atoms with van der Waals surface area (Å²) in [4.78, 5) is 2.58. The van der Waals surface area contributed by atoms with Gasteiger partial charge in [-0.3, -0.25) is 0 Å². The quantitative estimate of drug-likeness (QED) is 0.677. The zero-order valence-electron chi connectivity index (χ0n) is 10.5. The van der Waals surface area contributed by atoms with Crippen LogP contribution in [0.15, 0.2) is 22.7 Å². The molecule has 2 saturated carbocycles. The lowest BCUT2D eigenvalue weighted by atomic mass is 10.1. The highest BCUT2D eigenvalue weighted by Gasteiger charge is 2.30. The molecular weight excluding hydrogens is 310 g/mol. The van der Waals surface area contributed by atoms with Crippen molar-refractivity contribution in [2.45, 2.75) is 31.6 Å². The Balaban J connectivity index is 1.81. The van der Waals surface area contributed by atoms with Gasteiger partial charge < -0.3 is 4.90 Å². The summed E-state index contributed by atoms with van der Waals surface area (Å²) in [6.45, 7) is 2.45. The molecule has 2 fully saturated rings. The molecular formula is C15H19BrClN. The van der Waals surface area contributed by atoms with Gasteiger partial charge in [-0.25, -0.2) is 0 Å². The number of rotatable bonds is 6. The van der Waals surface area contributed by atoms with Gasteiger partial charge in [0.05, 0.1) is 0 Å². The third kappa shape index (κ3) is 3.21. The molecule has 0 atom stereocenters. The first-order valence-corrected chi connectivity index (χ1v) is 8.18. The van der Waals surface area contributed by atoms with E-state index in [1.807, 2.05) is 0 Å². The lowest BCUT2D eigenvalue weighted by Gasteiger charge is -2.27. The SMILES string of the molecule is ClCc1cc(Br)ccc1N(CC1CC1)CC1CC1. The number of alkyl halides is 1. The fraction of sp³-hybridized carbons (Fsp3) is 0.600. The molecule has 0 amide bonds. The molecule has 0 N–H and O–H groups in total. The Morgan fingerprint density at radius 2 is 1.72 bits per heavy atom. The van der Waals surface area contributed by atoms with Gasteiger partial charge in [-0.15, -0.1) is 11.6 Å². The van der Waals surface area contributed by atoms with Crippen LogP contribution in [0.5, 0.6) is 0 Å². The molecule has 0 heterocycles. The number of anilines is 1. The molecule has 0 saturated heterocycles. The van der Waals surface area contributed by atoms with E-state index in [0.717, 1.165) is 16.3 Å². The number of halogens is 2. The summed E-state index contributed by atoms with van der Waals surface area (Å²) in [5.74, 6) is 2.45. The minimum Gasteiger partial charge on any atom is -0.371 e. The molecule has 0 radical (unpaired) electrons. The van der Waals surface area contributed by atoms with Crippen LogP contribution in [-0.4, -0.2) is 13.1 Å². The first kappa shape index (κ1) is 12.8. The Bertz CT molecular complexity index is 413. The highest BCUT2D eigenvalue weighted by molar-refractivity contribution is 9.10. The number of hydrogen-bond donors (Lipinski definition) is 0. The Labute approximate surface area is 123 Å². The maximum atomic E-state index is 6.10. The summed E-state index contributed by atoms with van der Waals surface area (Å²) in [5.41, 5.74) is 2.61. The Kier molecular flexibility index (Phi) is 3.86. The maximum Gasteiger partial charge on any atom is 0.0494 e. The highest BCUT2D eigenvalue weighted by Crippen LogP contribution is 2.37. The van der Waals surface area contributed by atoms with Crippen molar-refractivity contribution >= 4 is 33.2 Å². The van der Waals surface area contributed by atoms with E-state index in [2.05, 4.69) is 39.0 Å². The van der Waals surface area contributed by atoms with Gasteiger partial charge in [0.15, 0.2) is 0 Å². The van der Waals surface area contributed by atoms with Gasteiger partial charge in [-0.1, -0.05) is 15.9 Å². The molecule has 1 aromatic carbocycles. The summed E-state index contributed by atoms with van der Waals surface area (Å²) in [5, 5.41) is 0. The van der Waals surface area contributed by atoms with Crippen LogP contribution in [0.4, 0.5) is 5.69 Å². The van der Waals surface area contributed by atoms with Gasteiger partial charge in [-0.05, 0) is 61.3 Å². The lowest BCUT2D eigenvalue weighted by Crippen LogP contribution is -2.28. The molecule has 0 aliphatic heterocycles. The standard InChI is InChI=1S/C15H19BrClN/c16-14-5-6-15(13(7-14)8-17)18(9-11-1-2-11)10-12-3-4-12/h5-7,11-12H,1-4,8-10H2.